The van der Waals surface area contributed by atoms with E-state index in [9.17, 15) is 0 Å². The van der Waals surface area contributed by atoms with Crippen molar-refractivity contribution in [3.63, 3.8) is 0 Å². The van der Waals surface area contributed by atoms with Crippen molar-refractivity contribution >= 4 is 61.3 Å². The van der Waals surface area contributed by atoms with Crippen LogP contribution in [0.15, 0.2) is 17.5 Å². The normalized spacial score (nSPS) is 10.9. The third kappa shape index (κ3) is 1.53. The summed E-state index contributed by atoms with van der Waals surface area (Å²) in [5.74, 6) is 0.524. The lowest BCUT2D eigenvalue weighted by atomic mass is 10.1. The monoisotopic (exact) mass is 323 g/mol. The number of rotatable bonds is 1. The number of benzene rings is 1. The van der Waals surface area contributed by atoms with Crippen LogP contribution in [-0.4, -0.2) is 0 Å². The zero-order chi connectivity index (χ0) is 9.42. The second-order valence-electron chi connectivity index (χ2n) is 2.72. The Bertz CT molecular complexity index is 452. The number of hydrogen-bond acceptors (Lipinski definition) is 2. The van der Waals surface area contributed by atoms with Gasteiger partial charge in [-0.2, -0.15) is 0 Å². The third-order valence-electron chi connectivity index (χ3n) is 1.95. The van der Waals surface area contributed by atoms with Gasteiger partial charge in [-0.25, -0.2) is 0 Å². The van der Waals surface area contributed by atoms with Crippen LogP contribution in [0, 0.1) is 3.57 Å². The molecule has 1 aromatic carbocycles. The van der Waals surface area contributed by atoms with E-state index >= 15 is 0 Å². The maximum atomic E-state index is 5.88. The first-order valence-electron chi connectivity index (χ1n) is 3.74. The number of nitrogens with two attached hydrogens (primary N) is 1. The molecule has 13 heavy (non-hydrogen) atoms. The van der Waals surface area contributed by atoms with Gasteiger partial charge < -0.3 is 5.73 Å². The van der Waals surface area contributed by atoms with Gasteiger partial charge in [0.1, 0.15) is 0 Å². The van der Waals surface area contributed by atoms with Crippen LogP contribution in [-0.2, 0) is 5.88 Å². The van der Waals surface area contributed by atoms with E-state index in [1.54, 1.807) is 11.3 Å². The second kappa shape index (κ2) is 3.63. The average molecular weight is 324 g/mol. The Kier molecular flexibility index (Phi) is 2.67. The third-order valence-corrected chi connectivity index (χ3v) is 4.20. The minimum absolute atomic E-state index is 0.524. The van der Waals surface area contributed by atoms with Crippen molar-refractivity contribution in [2.24, 2.45) is 0 Å². The summed E-state index contributed by atoms with van der Waals surface area (Å²) in [4.78, 5) is 0. The van der Waals surface area contributed by atoms with E-state index in [2.05, 4.69) is 34.7 Å². The van der Waals surface area contributed by atoms with Crippen LogP contribution < -0.4 is 5.73 Å². The molecule has 0 fully saturated rings. The SMILES string of the molecule is Nc1csc2ccc(I)c(CCl)c12. The molecule has 0 aliphatic rings. The summed E-state index contributed by atoms with van der Waals surface area (Å²) in [6.07, 6.45) is 0. The van der Waals surface area contributed by atoms with Gasteiger partial charge in [0.05, 0.1) is 5.69 Å². The molecule has 0 radical (unpaired) electrons. The molecule has 2 rings (SSSR count). The Morgan fingerprint density at radius 1 is 1.46 bits per heavy atom. The van der Waals surface area contributed by atoms with Crippen molar-refractivity contribution in [1.29, 1.82) is 0 Å². The molecule has 0 saturated heterocycles. The van der Waals surface area contributed by atoms with Crippen molar-refractivity contribution < 1.29 is 0 Å². The fraction of sp³-hybridized carbons (Fsp3) is 0.111. The Hall–Kier alpha value is -0.0000000000000000555. The van der Waals surface area contributed by atoms with E-state index in [4.69, 9.17) is 17.3 Å². The van der Waals surface area contributed by atoms with Gasteiger partial charge in [0, 0.05) is 24.9 Å². The summed E-state index contributed by atoms with van der Waals surface area (Å²) in [6.45, 7) is 0. The predicted molar refractivity (Wildman–Crippen MR) is 68.5 cm³/mol. The highest BCUT2D eigenvalue weighted by Crippen LogP contribution is 2.34. The molecular formula is C9H7ClINS. The number of halogens is 2. The van der Waals surface area contributed by atoms with Gasteiger partial charge in [-0.3, -0.25) is 0 Å². The van der Waals surface area contributed by atoms with Gasteiger partial charge in [0.25, 0.3) is 0 Å². The van der Waals surface area contributed by atoms with E-state index in [0.29, 0.717) is 5.88 Å². The molecule has 0 saturated carbocycles. The van der Waals surface area contributed by atoms with Crippen molar-refractivity contribution in [1.82, 2.24) is 0 Å². The zero-order valence-electron chi connectivity index (χ0n) is 6.68. The number of alkyl halides is 1. The lowest BCUT2D eigenvalue weighted by Gasteiger charge is -2.02. The highest BCUT2D eigenvalue weighted by molar-refractivity contribution is 14.1. The van der Waals surface area contributed by atoms with E-state index in [1.165, 1.54) is 8.27 Å². The summed E-state index contributed by atoms with van der Waals surface area (Å²) in [7, 11) is 0. The number of fused-ring (bicyclic) bond motifs is 1. The van der Waals surface area contributed by atoms with Crippen molar-refractivity contribution in [3.05, 3.63) is 26.6 Å². The average Bonchev–Trinajstić information content (AvgIpc) is 2.49. The van der Waals surface area contributed by atoms with Crippen LogP contribution in [0.5, 0.6) is 0 Å². The molecule has 0 bridgehead atoms. The first-order chi connectivity index (χ1) is 6.24. The van der Waals surface area contributed by atoms with Crippen molar-refractivity contribution in [2.75, 3.05) is 5.73 Å². The van der Waals surface area contributed by atoms with Gasteiger partial charge in [0.15, 0.2) is 0 Å². The van der Waals surface area contributed by atoms with Crippen molar-refractivity contribution in [3.8, 4) is 0 Å². The molecule has 2 N–H and O–H groups in total. The smallest absolute Gasteiger partial charge is 0.0506 e. The number of hydrogen-bond donors (Lipinski definition) is 1. The molecule has 68 valence electrons. The first kappa shape index (κ1) is 9.55. The highest BCUT2D eigenvalue weighted by Gasteiger charge is 2.08. The quantitative estimate of drug-likeness (QED) is 0.626. The molecule has 0 aliphatic carbocycles. The minimum Gasteiger partial charge on any atom is -0.398 e. The lowest BCUT2D eigenvalue weighted by Crippen LogP contribution is -1.89. The molecule has 1 heterocycles. The summed E-state index contributed by atoms with van der Waals surface area (Å²) in [5, 5.41) is 3.10. The Morgan fingerprint density at radius 3 is 2.92 bits per heavy atom. The fourth-order valence-corrected chi connectivity index (χ4v) is 3.35. The van der Waals surface area contributed by atoms with Crippen LogP contribution in [0.2, 0.25) is 0 Å². The Labute approximate surface area is 99.0 Å². The lowest BCUT2D eigenvalue weighted by molar-refractivity contribution is 1.42. The summed E-state index contributed by atoms with van der Waals surface area (Å²) >= 11 is 9.84. The molecule has 2 aromatic rings. The second-order valence-corrected chi connectivity index (χ2v) is 5.06. The van der Waals surface area contributed by atoms with E-state index in [0.717, 1.165) is 16.6 Å². The van der Waals surface area contributed by atoms with Gasteiger partial charge >= 0.3 is 0 Å². The van der Waals surface area contributed by atoms with Gasteiger partial charge in [-0.15, -0.1) is 22.9 Å². The number of anilines is 1. The van der Waals surface area contributed by atoms with Crippen LogP contribution >= 0.6 is 45.5 Å². The van der Waals surface area contributed by atoms with E-state index < -0.39 is 0 Å². The molecule has 0 unspecified atom stereocenters. The number of thiophene rings is 1. The maximum Gasteiger partial charge on any atom is 0.0506 e. The summed E-state index contributed by atoms with van der Waals surface area (Å²) in [6, 6.07) is 4.17. The molecule has 0 atom stereocenters. The van der Waals surface area contributed by atoms with E-state index in [1.807, 2.05) is 5.38 Å². The molecule has 4 heteroatoms. The maximum absolute atomic E-state index is 5.88. The first-order valence-corrected chi connectivity index (χ1v) is 6.23. The molecular weight excluding hydrogens is 317 g/mol. The molecule has 1 nitrogen and oxygen atoms in total. The van der Waals surface area contributed by atoms with Gasteiger partial charge in [-0.05, 0) is 40.3 Å². The fourth-order valence-electron chi connectivity index (χ4n) is 1.33. The largest absolute Gasteiger partial charge is 0.398 e. The predicted octanol–water partition coefficient (Wildman–Crippen LogP) is 3.83. The standard InChI is InChI=1S/C9H7ClINS/c10-3-5-6(11)1-2-8-9(5)7(12)4-13-8/h1-2,4H,3,12H2. The summed E-state index contributed by atoms with van der Waals surface area (Å²) < 4.78 is 2.40. The Balaban J connectivity index is 2.88. The van der Waals surface area contributed by atoms with Crippen LogP contribution in [0.1, 0.15) is 5.56 Å². The van der Waals surface area contributed by atoms with Crippen LogP contribution in [0.25, 0.3) is 10.1 Å². The van der Waals surface area contributed by atoms with Gasteiger partial charge in [-0.1, -0.05) is 0 Å². The van der Waals surface area contributed by atoms with Gasteiger partial charge in [0.2, 0.25) is 0 Å². The van der Waals surface area contributed by atoms with Crippen molar-refractivity contribution in [2.45, 2.75) is 5.88 Å². The topological polar surface area (TPSA) is 26.0 Å². The molecule has 0 amide bonds. The Morgan fingerprint density at radius 2 is 2.23 bits per heavy atom. The van der Waals surface area contributed by atoms with Crippen LogP contribution in [0.3, 0.4) is 0 Å². The molecule has 0 spiro atoms. The molecule has 1 aromatic heterocycles. The minimum atomic E-state index is 0.524. The highest BCUT2D eigenvalue weighted by atomic mass is 127. The van der Waals surface area contributed by atoms with Crippen LogP contribution in [0.4, 0.5) is 5.69 Å². The molecule has 0 aliphatic heterocycles. The zero-order valence-corrected chi connectivity index (χ0v) is 10.4. The van der Waals surface area contributed by atoms with E-state index in [-0.39, 0.29) is 0 Å². The summed E-state index contributed by atoms with van der Waals surface area (Å²) in [5.41, 5.74) is 7.86. The number of nitrogen functional groups attached to an aromatic ring is 1.